The van der Waals surface area contributed by atoms with Gasteiger partial charge in [-0.2, -0.15) is 0 Å². The fourth-order valence-electron chi connectivity index (χ4n) is 3.87. The third-order valence-electron chi connectivity index (χ3n) is 5.22. The largest absolute Gasteiger partial charge is 0.339 e. The van der Waals surface area contributed by atoms with Crippen LogP contribution in [-0.2, 0) is 14.6 Å². The molecule has 1 aromatic carbocycles. The zero-order valence-electron chi connectivity index (χ0n) is 13.9. The Morgan fingerprint density at radius 1 is 1.26 bits per heavy atom. The van der Waals surface area contributed by atoms with Crippen molar-refractivity contribution in [2.45, 2.75) is 44.6 Å². The van der Waals surface area contributed by atoms with Gasteiger partial charge in [-0.15, -0.1) is 0 Å². The van der Waals surface area contributed by atoms with Gasteiger partial charge in [0.05, 0.1) is 5.75 Å². The molecule has 1 aliphatic carbocycles. The Labute approximate surface area is 138 Å². The maximum absolute atomic E-state index is 12.7. The Kier molecular flexibility index (Phi) is 4.25. The molecule has 1 saturated carbocycles. The third-order valence-corrected chi connectivity index (χ3v) is 6.35. The molecule has 2 fully saturated rings. The molecule has 0 aromatic heterocycles. The molecule has 0 bridgehead atoms. The van der Waals surface area contributed by atoms with E-state index in [0.717, 1.165) is 25.8 Å². The van der Waals surface area contributed by atoms with Gasteiger partial charge in [-0.25, -0.2) is 8.42 Å². The first kappa shape index (κ1) is 16.5. The summed E-state index contributed by atoms with van der Waals surface area (Å²) in [5, 5.41) is 0. The molecule has 0 N–H and O–H groups in total. The molecule has 4 nitrogen and oxygen atoms in total. The number of carbonyl (C=O) groups is 1. The van der Waals surface area contributed by atoms with E-state index in [9.17, 15) is 13.2 Å². The highest BCUT2D eigenvalue weighted by atomic mass is 32.2. The number of hydrogen-bond acceptors (Lipinski definition) is 3. The highest BCUT2D eigenvalue weighted by Gasteiger charge is 2.48. The number of amides is 1. The summed E-state index contributed by atoms with van der Waals surface area (Å²) in [6.07, 6.45) is 4.34. The van der Waals surface area contributed by atoms with Gasteiger partial charge in [0.15, 0.2) is 0 Å². The van der Waals surface area contributed by atoms with E-state index in [1.54, 1.807) is 0 Å². The fourth-order valence-corrected chi connectivity index (χ4v) is 5.38. The number of hydrogen-bond donors (Lipinski definition) is 0. The maximum atomic E-state index is 12.7. The Balaban J connectivity index is 1.64. The molecular weight excluding hydrogens is 310 g/mol. The topological polar surface area (TPSA) is 54.5 Å². The second-order valence-corrected chi connectivity index (χ2v) is 9.63. The van der Waals surface area contributed by atoms with Gasteiger partial charge in [-0.05, 0) is 37.2 Å². The maximum Gasteiger partial charge on any atom is 0.223 e. The fraction of sp³-hybridized carbons (Fsp3) is 0.611. The van der Waals surface area contributed by atoms with Crippen molar-refractivity contribution >= 4 is 15.7 Å². The van der Waals surface area contributed by atoms with Crippen molar-refractivity contribution in [3.63, 3.8) is 0 Å². The molecule has 3 rings (SSSR count). The molecule has 1 amide bonds. The van der Waals surface area contributed by atoms with Crippen LogP contribution in [0.4, 0.5) is 0 Å². The van der Waals surface area contributed by atoms with Crippen molar-refractivity contribution < 1.29 is 13.2 Å². The third kappa shape index (κ3) is 3.94. The standard InChI is InChI=1S/C18H25NO3S/c1-14-10-16(15-6-4-3-5-7-15)12-19(14)17(20)11-18(8-9-18)13-23(2,21)22/h3-7,14,16H,8-13H2,1-2H3/t14-,16+/m1/s1. The summed E-state index contributed by atoms with van der Waals surface area (Å²) in [4.78, 5) is 14.7. The van der Waals surface area contributed by atoms with E-state index in [-0.39, 0.29) is 23.1 Å². The van der Waals surface area contributed by atoms with Crippen LogP contribution in [0.5, 0.6) is 0 Å². The summed E-state index contributed by atoms with van der Waals surface area (Å²) in [6.45, 7) is 2.84. The Morgan fingerprint density at radius 2 is 1.91 bits per heavy atom. The molecule has 0 spiro atoms. The van der Waals surface area contributed by atoms with Gasteiger partial charge in [-0.3, -0.25) is 4.79 Å². The highest BCUT2D eigenvalue weighted by Crippen LogP contribution is 2.50. The SMILES string of the molecule is C[C@@H]1C[C@H](c2ccccc2)CN1C(=O)CC1(CS(C)(=O)=O)CC1. The molecule has 1 aromatic rings. The van der Waals surface area contributed by atoms with Gasteiger partial charge in [0.25, 0.3) is 0 Å². The van der Waals surface area contributed by atoms with Crippen LogP contribution >= 0.6 is 0 Å². The average molecular weight is 335 g/mol. The molecule has 2 aliphatic rings. The van der Waals surface area contributed by atoms with Crippen molar-refractivity contribution in [1.82, 2.24) is 4.90 Å². The Bertz CT molecular complexity index is 679. The number of sulfone groups is 1. The van der Waals surface area contributed by atoms with E-state index in [2.05, 4.69) is 19.1 Å². The van der Waals surface area contributed by atoms with Crippen LogP contribution in [-0.4, -0.2) is 43.8 Å². The normalized spacial score (nSPS) is 26.3. The minimum Gasteiger partial charge on any atom is -0.339 e. The summed E-state index contributed by atoms with van der Waals surface area (Å²) in [6, 6.07) is 10.6. The molecule has 1 aliphatic heterocycles. The first-order chi connectivity index (χ1) is 10.8. The van der Waals surface area contributed by atoms with Crippen LogP contribution in [0.15, 0.2) is 30.3 Å². The summed E-state index contributed by atoms with van der Waals surface area (Å²) in [5.74, 6) is 0.660. The summed E-state index contributed by atoms with van der Waals surface area (Å²) >= 11 is 0. The second kappa shape index (κ2) is 5.93. The number of benzene rings is 1. The smallest absolute Gasteiger partial charge is 0.223 e. The predicted octanol–water partition coefficient (Wildman–Crippen LogP) is 2.61. The summed E-state index contributed by atoms with van der Waals surface area (Å²) in [5.41, 5.74) is 1.00. The summed E-state index contributed by atoms with van der Waals surface area (Å²) in [7, 11) is -3.03. The lowest BCUT2D eigenvalue weighted by molar-refractivity contribution is -0.132. The first-order valence-corrected chi connectivity index (χ1v) is 10.4. The Morgan fingerprint density at radius 3 is 2.48 bits per heavy atom. The predicted molar refractivity (Wildman–Crippen MR) is 91.0 cm³/mol. The van der Waals surface area contributed by atoms with Crippen molar-refractivity contribution in [2.24, 2.45) is 5.41 Å². The van der Waals surface area contributed by atoms with Crippen molar-refractivity contribution in [1.29, 1.82) is 0 Å². The van der Waals surface area contributed by atoms with Crippen molar-refractivity contribution in [3.8, 4) is 0 Å². The average Bonchev–Trinajstić information content (AvgIpc) is 3.07. The molecule has 1 heterocycles. The molecule has 23 heavy (non-hydrogen) atoms. The Hall–Kier alpha value is -1.36. The first-order valence-electron chi connectivity index (χ1n) is 8.30. The monoisotopic (exact) mass is 335 g/mol. The second-order valence-electron chi connectivity index (χ2n) is 7.49. The van der Waals surface area contributed by atoms with Crippen LogP contribution in [0.3, 0.4) is 0 Å². The van der Waals surface area contributed by atoms with Gasteiger partial charge in [-0.1, -0.05) is 30.3 Å². The molecule has 1 saturated heterocycles. The highest BCUT2D eigenvalue weighted by molar-refractivity contribution is 7.90. The minimum atomic E-state index is -3.03. The van der Waals surface area contributed by atoms with Crippen LogP contribution in [0.25, 0.3) is 0 Å². The molecular formula is C18H25NO3S. The minimum absolute atomic E-state index is 0.122. The van der Waals surface area contributed by atoms with Gasteiger partial charge in [0, 0.05) is 31.2 Å². The van der Waals surface area contributed by atoms with E-state index >= 15 is 0 Å². The molecule has 0 radical (unpaired) electrons. The van der Waals surface area contributed by atoms with E-state index in [4.69, 9.17) is 0 Å². The summed E-state index contributed by atoms with van der Waals surface area (Å²) < 4.78 is 23.1. The van der Waals surface area contributed by atoms with E-state index < -0.39 is 9.84 Å². The van der Waals surface area contributed by atoms with Gasteiger partial charge in [0.1, 0.15) is 9.84 Å². The molecule has 0 unspecified atom stereocenters. The van der Waals surface area contributed by atoms with Gasteiger partial charge < -0.3 is 4.90 Å². The lowest BCUT2D eigenvalue weighted by atomic mass is 9.97. The van der Waals surface area contributed by atoms with Crippen LogP contribution in [0, 0.1) is 5.41 Å². The molecule has 126 valence electrons. The number of carbonyl (C=O) groups excluding carboxylic acids is 1. The lowest BCUT2D eigenvalue weighted by Crippen LogP contribution is -2.36. The van der Waals surface area contributed by atoms with E-state index in [1.807, 2.05) is 23.1 Å². The molecule has 2 atom stereocenters. The number of likely N-dealkylation sites (tertiary alicyclic amines) is 1. The zero-order valence-corrected chi connectivity index (χ0v) is 14.7. The zero-order chi connectivity index (χ0) is 16.7. The van der Waals surface area contributed by atoms with E-state index in [1.165, 1.54) is 11.8 Å². The van der Waals surface area contributed by atoms with Crippen LogP contribution < -0.4 is 0 Å². The van der Waals surface area contributed by atoms with Gasteiger partial charge >= 0.3 is 0 Å². The van der Waals surface area contributed by atoms with Crippen LogP contribution in [0.1, 0.15) is 44.1 Å². The number of nitrogens with zero attached hydrogens (tertiary/aromatic N) is 1. The van der Waals surface area contributed by atoms with Crippen LogP contribution in [0.2, 0.25) is 0 Å². The van der Waals surface area contributed by atoms with E-state index in [0.29, 0.717) is 12.3 Å². The van der Waals surface area contributed by atoms with Crippen molar-refractivity contribution in [3.05, 3.63) is 35.9 Å². The molecule has 5 heteroatoms. The van der Waals surface area contributed by atoms with Gasteiger partial charge in [0.2, 0.25) is 5.91 Å². The quantitative estimate of drug-likeness (QED) is 0.831. The lowest BCUT2D eigenvalue weighted by Gasteiger charge is -2.24. The number of rotatable bonds is 5. The van der Waals surface area contributed by atoms with Crippen molar-refractivity contribution in [2.75, 3.05) is 18.6 Å².